The number of methoxy groups -OCH3 is 1. The Hall–Kier alpha value is -2.36. The predicted molar refractivity (Wildman–Crippen MR) is 77.8 cm³/mol. The van der Waals surface area contributed by atoms with Crippen molar-refractivity contribution in [2.45, 2.75) is 0 Å². The van der Waals surface area contributed by atoms with Crippen LogP contribution in [0, 0.1) is 0 Å². The quantitative estimate of drug-likeness (QED) is 0.618. The molecule has 0 bridgehead atoms. The van der Waals surface area contributed by atoms with Crippen LogP contribution in [0.2, 0.25) is 0 Å². The minimum Gasteiger partial charge on any atom is -0.495 e. The molecule has 0 aliphatic carbocycles. The number of para-hydroxylation sites is 2. The monoisotopic (exact) mass is 258 g/mol. The van der Waals surface area contributed by atoms with Crippen molar-refractivity contribution < 1.29 is 9.47 Å². The van der Waals surface area contributed by atoms with Crippen molar-refractivity contribution >= 4 is 11.4 Å². The minimum absolute atomic E-state index is 0.570. The first-order valence-electron chi connectivity index (χ1n) is 6.15. The van der Waals surface area contributed by atoms with Crippen LogP contribution < -0.4 is 20.5 Å². The van der Waals surface area contributed by atoms with Crippen LogP contribution in [0.1, 0.15) is 0 Å². The molecule has 19 heavy (non-hydrogen) atoms. The number of nitrogens with one attached hydrogen (secondary N) is 1. The summed E-state index contributed by atoms with van der Waals surface area (Å²) in [5.74, 6) is 1.54. The molecule has 4 nitrogen and oxygen atoms in total. The molecule has 0 aromatic heterocycles. The maximum atomic E-state index is 5.96. The maximum absolute atomic E-state index is 5.96. The third-order valence-electron chi connectivity index (χ3n) is 2.72. The zero-order valence-electron chi connectivity index (χ0n) is 10.9. The molecule has 0 aliphatic heterocycles. The molecule has 3 N–H and O–H groups in total. The van der Waals surface area contributed by atoms with E-state index >= 15 is 0 Å². The van der Waals surface area contributed by atoms with Crippen LogP contribution in [0.5, 0.6) is 11.5 Å². The summed E-state index contributed by atoms with van der Waals surface area (Å²) in [5.41, 5.74) is 7.43. The molecule has 0 saturated carbocycles. The number of anilines is 2. The first-order valence-corrected chi connectivity index (χ1v) is 6.15. The average molecular weight is 258 g/mol. The molecule has 0 radical (unpaired) electrons. The number of rotatable bonds is 6. The fourth-order valence-corrected chi connectivity index (χ4v) is 1.75. The highest BCUT2D eigenvalue weighted by atomic mass is 16.5. The van der Waals surface area contributed by atoms with Gasteiger partial charge in [0, 0.05) is 6.54 Å². The standard InChI is InChI=1S/C15H18N2O2/c1-18-14-9-5-8-13(15(14)16)17-10-11-19-12-6-3-2-4-7-12/h2-9,17H,10-11,16H2,1H3. The van der Waals surface area contributed by atoms with Crippen molar-refractivity contribution in [3.05, 3.63) is 48.5 Å². The van der Waals surface area contributed by atoms with Crippen molar-refractivity contribution in [3.8, 4) is 11.5 Å². The summed E-state index contributed by atoms with van der Waals surface area (Å²) in [6.45, 7) is 1.24. The van der Waals surface area contributed by atoms with E-state index in [4.69, 9.17) is 15.2 Å². The third kappa shape index (κ3) is 3.55. The molecule has 0 heterocycles. The zero-order valence-corrected chi connectivity index (χ0v) is 10.9. The molecule has 0 saturated heterocycles. The van der Waals surface area contributed by atoms with E-state index in [1.807, 2.05) is 48.5 Å². The Morgan fingerprint density at radius 3 is 2.58 bits per heavy atom. The van der Waals surface area contributed by atoms with Gasteiger partial charge in [0.25, 0.3) is 0 Å². The summed E-state index contributed by atoms with van der Waals surface area (Å²) < 4.78 is 10.8. The minimum atomic E-state index is 0.570. The lowest BCUT2D eigenvalue weighted by molar-refractivity contribution is 0.333. The Labute approximate surface area is 113 Å². The third-order valence-corrected chi connectivity index (χ3v) is 2.72. The van der Waals surface area contributed by atoms with Crippen molar-refractivity contribution in [1.29, 1.82) is 0 Å². The fourth-order valence-electron chi connectivity index (χ4n) is 1.75. The highest BCUT2D eigenvalue weighted by Gasteiger charge is 2.03. The number of nitrogens with two attached hydrogens (primary N) is 1. The van der Waals surface area contributed by atoms with E-state index in [-0.39, 0.29) is 0 Å². The van der Waals surface area contributed by atoms with Gasteiger partial charge in [-0.05, 0) is 24.3 Å². The smallest absolute Gasteiger partial charge is 0.143 e. The lowest BCUT2D eigenvalue weighted by atomic mass is 10.2. The molecule has 0 atom stereocenters. The van der Waals surface area contributed by atoms with Gasteiger partial charge in [0.1, 0.15) is 18.1 Å². The van der Waals surface area contributed by atoms with Gasteiger partial charge < -0.3 is 20.5 Å². The lowest BCUT2D eigenvalue weighted by Crippen LogP contribution is -2.12. The molecule has 0 aliphatic rings. The van der Waals surface area contributed by atoms with Gasteiger partial charge in [-0.25, -0.2) is 0 Å². The summed E-state index contributed by atoms with van der Waals surface area (Å²) in [6, 6.07) is 15.4. The summed E-state index contributed by atoms with van der Waals surface area (Å²) in [7, 11) is 1.61. The predicted octanol–water partition coefficient (Wildman–Crippen LogP) is 2.77. The second-order valence-corrected chi connectivity index (χ2v) is 4.01. The van der Waals surface area contributed by atoms with Crippen molar-refractivity contribution in [2.75, 3.05) is 31.3 Å². The van der Waals surface area contributed by atoms with Gasteiger partial charge in [-0.2, -0.15) is 0 Å². The van der Waals surface area contributed by atoms with Crippen LogP contribution >= 0.6 is 0 Å². The van der Waals surface area contributed by atoms with E-state index in [1.54, 1.807) is 7.11 Å². The highest BCUT2D eigenvalue weighted by Crippen LogP contribution is 2.28. The van der Waals surface area contributed by atoms with Gasteiger partial charge in [-0.15, -0.1) is 0 Å². The number of hydrogen-bond acceptors (Lipinski definition) is 4. The molecular weight excluding hydrogens is 240 g/mol. The lowest BCUT2D eigenvalue weighted by Gasteiger charge is -2.12. The van der Waals surface area contributed by atoms with E-state index in [0.29, 0.717) is 24.6 Å². The topological polar surface area (TPSA) is 56.5 Å². The van der Waals surface area contributed by atoms with Gasteiger partial charge in [0.05, 0.1) is 18.5 Å². The molecule has 2 rings (SSSR count). The van der Waals surface area contributed by atoms with Gasteiger partial charge in [-0.1, -0.05) is 24.3 Å². The zero-order chi connectivity index (χ0) is 13.5. The van der Waals surface area contributed by atoms with E-state index in [9.17, 15) is 0 Å². The Morgan fingerprint density at radius 1 is 1.05 bits per heavy atom. The Kier molecular flexibility index (Phi) is 4.50. The van der Waals surface area contributed by atoms with Gasteiger partial charge in [0.2, 0.25) is 0 Å². The van der Waals surface area contributed by atoms with Crippen LogP contribution in [0.25, 0.3) is 0 Å². The second-order valence-electron chi connectivity index (χ2n) is 4.01. The van der Waals surface area contributed by atoms with E-state index in [0.717, 1.165) is 11.4 Å². The molecular formula is C15H18N2O2. The Bertz CT molecular complexity index is 515. The largest absolute Gasteiger partial charge is 0.495 e. The molecule has 4 heteroatoms. The Balaban J connectivity index is 1.83. The normalized spacial score (nSPS) is 9.95. The van der Waals surface area contributed by atoms with Crippen LogP contribution in [-0.2, 0) is 0 Å². The summed E-state index contributed by atoms with van der Waals surface area (Å²) in [4.78, 5) is 0. The Morgan fingerprint density at radius 2 is 1.84 bits per heavy atom. The fraction of sp³-hybridized carbons (Fsp3) is 0.200. The molecule has 2 aromatic rings. The first-order chi connectivity index (χ1) is 9.31. The van der Waals surface area contributed by atoms with Crippen molar-refractivity contribution in [1.82, 2.24) is 0 Å². The highest BCUT2D eigenvalue weighted by molar-refractivity contribution is 5.72. The number of ether oxygens (including phenoxy) is 2. The molecule has 0 amide bonds. The average Bonchev–Trinajstić information content (AvgIpc) is 2.46. The molecule has 0 spiro atoms. The summed E-state index contributed by atoms with van der Waals surface area (Å²) >= 11 is 0. The SMILES string of the molecule is COc1cccc(NCCOc2ccccc2)c1N. The van der Waals surface area contributed by atoms with Crippen molar-refractivity contribution in [3.63, 3.8) is 0 Å². The van der Waals surface area contributed by atoms with Gasteiger partial charge in [0.15, 0.2) is 0 Å². The van der Waals surface area contributed by atoms with Crippen molar-refractivity contribution in [2.24, 2.45) is 0 Å². The molecule has 100 valence electrons. The summed E-state index contributed by atoms with van der Waals surface area (Å²) in [5, 5.41) is 3.23. The van der Waals surface area contributed by atoms with Crippen LogP contribution in [-0.4, -0.2) is 20.3 Å². The van der Waals surface area contributed by atoms with Gasteiger partial charge in [-0.3, -0.25) is 0 Å². The summed E-state index contributed by atoms with van der Waals surface area (Å²) in [6.07, 6.45) is 0. The number of hydrogen-bond donors (Lipinski definition) is 2. The van der Waals surface area contributed by atoms with Crippen LogP contribution in [0.4, 0.5) is 11.4 Å². The molecule has 0 unspecified atom stereocenters. The first kappa shape index (κ1) is 13.1. The van der Waals surface area contributed by atoms with Crippen LogP contribution in [0.3, 0.4) is 0 Å². The van der Waals surface area contributed by atoms with Gasteiger partial charge >= 0.3 is 0 Å². The number of nitrogen functional groups attached to an aromatic ring is 1. The van der Waals surface area contributed by atoms with E-state index in [2.05, 4.69) is 5.32 Å². The van der Waals surface area contributed by atoms with E-state index < -0.39 is 0 Å². The van der Waals surface area contributed by atoms with E-state index in [1.165, 1.54) is 0 Å². The molecule has 2 aromatic carbocycles. The maximum Gasteiger partial charge on any atom is 0.143 e. The second kappa shape index (κ2) is 6.54. The van der Waals surface area contributed by atoms with Crippen LogP contribution in [0.15, 0.2) is 48.5 Å². The number of benzene rings is 2. The molecule has 0 fully saturated rings.